The summed E-state index contributed by atoms with van der Waals surface area (Å²) >= 11 is 3.64. The molecule has 2 aliphatic rings. The van der Waals surface area contributed by atoms with Crippen molar-refractivity contribution in [2.24, 2.45) is 5.92 Å². The van der Waals surface area contributed by atoms with E-state index in [1.54, 1.807) is 0 Å². The number of piperidine rings is 1. The zero-order chi connectivity index (χ0) is 20.4. The SMILES string of the molecule is Cc1cc(N2C3CCC2CC(C)C3)c2c(C)cn(-c3c(C)cc(Br)cc3C)c2n1. The lowest BCUT2D eigenvalue weighted by atomic mass is 9.91. The Morgan fingerprint density at radius 2 is 1.55 bits per heavy atom. The molecule has 0 radical (unpaired) electrons. The molecule has 1 aromatic carbocycles. The summed E-state index contributed by atoms with van der Waals surface area (Å²) in [5.74, 6) is 0.848. The van der Waals surface area contributed by atoms with Crippen LogP contribution in [0.3, 0.4) is 0 Å². The van der Waals surface area contributed by atoms with Crippen molar-refractivity contribution in [1.82, 2.24) is 9.55 Å². The van der Waals surface area contributed by atoms with Crippen molar-refractivity contribution in [2.45, 2.75) is 72.4 Å². The normalized spacial score (nSPS) is 23.9. The second-order valence-electron chi connectivity index (χ2n) is 9.42. The van der Waals surface area contributed by atoms with Gasteiger partial charge in [-0.25, -0.2) is 4.98 Å². The van der Waals surface area contributed by atoms with E-state index in [4.69, 9.17) is 4.98 Å². The van der Waals surface area contributed by atoms with Crippen LogP contribution in [-0.4, -0.2) is 21.6 Å². The van der Waals surface area contributed by atoms with E-state index in [-0.39, 0.29) is 0 Å². The van der Waals surface area contributed by atoms with Gasteiger partial charge in [0.15, 0.2) is 0 Å². The molecule has 3 nitrogen and oxygen atoms in total. The Morgan fingerprint density at radius 3 is 2.17 bits per heavy atom. The molecular weight excluding hydrogens is 422 g/mol. The van der Waals surface area contributed by atoms with Gasteiger partial charge in [-0.05, 0) is 94.2 Å². The fourth-order valence-corrected chi connectivity index (χ4v) is 6.70. The molecule has 2 fully saturated rings. The van der Waals surface area contributed by atoms with Crippen molar-refractivity contribution in [3.05, 3.63) is 51.3 Å². The lowest BCUT2D eigenvalue weighted by Gasteiger charge is -2.40. The third kappa shape index (κ3) is 3.02. The Bertz CT molecular complexity index is 1080. The van der Waals surface area contributed by atoms with E-state index in [1.165, 1.54) is 59.1 Å². The minimum absolute atomic E-state index is 0.688. The molecule has 0 aliphatic carbocycles. The second kappa shape index (κ2) is 6.87. The van der Waals surface area contributed by atoms with Crippen molar-refractivity contribution in [2.75, 3.05) is 4.90 Å². The van der Waals surface area contributed by atoms with Gasteiger partial charge >= 0.3 is 0 Å². The van der Waals surface area contributed by atoms with Gasteiger partial charge in [-0.15, -0.1) is 0 Å². The van der Waals surface area contributed by atoms with Crippen LogP contribution in [0.5, 0.6) is 0 Å². The third-order valence-corrected chi connectivity index (χ3v) is 7.45. The van der Waals surface area contributed by atoms with Crippen LogP contribution in [0.2, 0.25) is 0 Å². The van der Waals surface area contributed by atoms with E-state index in [2.05, 4.69) is 84.4 Å². The minimum atomic E-state index is 0.688. The number of rotatable bonds is 2. The standard InChI is InChI=1S/C25H30BrN3/c1-14-8-20-6-7-21(9-14)29(20)22-12-18(5)27-25-23(22)17(4)13-28(25)24-15(2)10-19(26)11-16(24)3/h10-14,20-21H,6-9H2,1-5H3. The van der Waals surface area contributed by atoms with Gasteiger partial charge in [0.25, 0.3) is 0 Å². The van der Waals surface area contributed by atoms with Gasteiger partial charge in [-0.3, -0.25) is 0 Å². The molecule has 2 atom stereocenters. The number of hydrogen-bond acceptors (Lipinski definition) is 2. The predicted octanol–water partition coefficient (Wildman–Crippen LogP) is 6.79. The molecule has 0 saturated carbocycles. The molecular formula is C25H30BrN3. The zero-order valence-electron chi connectivity index (χ0n) is 18.1. The van der Waals surface area contributed by atoms with Gasteiger partial charge in [0.2, 0.25) is 0 Å². The van der Waals surface area contributed by atoms with Crippen LogP contribution in [0.15, 0.2) is 28.9 Å². The fourth-order valence-electron chi connectivity index (χ4n) is 6.01. The molecule has 152 valence electrons. The van der Waals surface area contributed by atoms with Gasteiger partial charge in [0, 0.05) is 33.8 Å². The number of benzene rings is 1. The van der Waals surface area contributed by atoms with E-state index >= 15 is 0 Å². The first-order valence-corrected chi connectivity index (χ1v) is 11.7. The van der Waals surface area contributed by atoms with Crippen molar-refractivity contribution in [3.63, 3.8) is 0 Å². The van der Waals surface area contributed by atoms with E-state index in [9.17, 15) is 0 Å². The summed E-state index contributed by atoms with van der Waals surface area (Å²) < 4.78 is 3.46. The summed E-state index contributed by atoms with van der Waals surface area (Å²) in [5.41, 5.74) is 8.74. The van der Waals surface area contributed by atoms with Crippen molar-refractivity contribution in [3.8, 4) is 5.69 Å². The summed E-state index contributed by atoms with van der Waals surface area (Å²) in [6, 6.07) is 8.11. The molecule has 2 saturated heterocycles. The molecule has 2 bridgehead atoms. The Labute approximate surface area is 182 Å². The number of fused-ring (bicyclic) bond motifs is 3. The van der Waals surface area contributed by atoms with E-state index < -0.39 is 0 Å². The Balaban J connectivity index is 1.74. The Hall–Kier alpha value is -1.81. The molecule has 3 aromatic rings. The third-order valence-electron chi connectivity index (χ3n) is 7.00. The first kappa shape index (κ1) is 19.2. The number of pyridine rings is 1. The van der Waals surface area contributed by atoms with Crippen molar-refractivity contribution in [1.29, 1.82) is 0 Å². The van der Waals surface area contributed by atoms with Gasteiger partial charge < -0.3 is 9.47 Å². The fraction of sp³-hybridized carbons (Fsp3) is 0.480. The van der Waals surface area contributed by atoms with Crippen LogP contribution < -0.4 is 4.90 Å². The largest absolute Gasteiger partial charge is 0.365 e. The zero-order valence-corrected chi connectivity index (χ0v) is 19.7. The number of aromatic nitrogens is 2. The lowest BCUT2D eigenvalue weighted by Crippen LogP contribution is -2.42. The quantitative estimate of drug-likeness (QED) is 0.427. The van der Waals surface area contributed by atoms with Crippen LogP contribution in [0.4, 0.5) is 5.69 Å². The molecule has 0 spiro atoms. The smallest absolute Gasteiger partial charge is 0.147 e. The highest BCUT2D eigenvalue weighted by atomic mass is 79.9. The Morgan fingerprint density at radius 1 is 0.931 bits per heavy atom. The molecule has 0 N–H and O–H groups in total. The van der Waals surface area contributed by atoms with Crippen LogP contribution in [0, 0.1) is 33.6 Å². The molecule has 2 aromatic heterocycles. The van der Waals surface area contributed by atoms with E-state index in [1.807, 2.05) is 0 Å². The number of nitrogens with zero attached hydrogens (tertiary/aromatic N) is 3. The predicted molar refractivity (Wildman–Crippen MR) is 125 cm³/mol. The van der Waals surface area contributed by atoms with Crippen molar-refractivity contribution >= 4 is 32.7 Å². The number of halogens is 1. The highest BCUT2D eigenvalue weighted by Gasteiger charge is 2.40. The van der Waals surface area contributed by atoms with E-state index in [0.717, 1.165) is 21.7 Å². The maximum atomic E-state index is 5.04. The maximum Gasteiger partial charge on any atom is 0.147 e. The monoisotopic (exact) mass is 451 g/mol. The molecule has 29 heavy (non-hydrogen) atoms. The van der Waals surface area contributed by atoms with Crippen LogP contribution in [0.25, 0.3) is 16.7 Å². The van der Waals surface area contributed by atoms with Gasteiger partial charge in [0.05, 0.1) is 11.4 Å². The van der Waals surface area contributed by atoms with Gasteiger partial charge in [-0.1, -0.05) is 22.9 Å². The minimum Gasteiger partial charge on any atom is -0.365 e. The molecule has 0 amide bonds. The molecule has 2 unspecified atom stereocenters. The van der Waals surface area contributed by atoms with Gasteiger partial charge in [0.1, 0.15) is 5.65 Å². The topological polar surface area (TPSA) is 21.1 Å². The summed E-state index contributed by atoms with van der Waals surface area (Å²) in [4.78, 5) is 7.80. The highest BCUT2D eigenvalue weighted by Crippen LogP contribution is 2.45. The van der Waals surface area contributed by atoms with Crippen LogP contribution in [-0.2, 0) is 0 Å². The number of hydrogen-bond donors (Lipinski definition) is 0. The van der Waals surface area contributed by atoms with Crippen LogP contribution in [0.1, 0.15) is 55.0 Å². The number of aryl methyl sites for hydroxylation is 4. The summed E-state index contributed by atoms with van der Waals surface area (Å²) in [5, 5.41) is 1.34. The maximum absolute atomic E-state index is 5.04. The lowest BCUT2D eigenvalue weighted by molar-refractivity contribution is 0.364. The molecule has 4 heteroatoms. The van der Waals surface area contributed by atoms with E-state index in [0.29, 0.717) is 12.1 Å². The second-order valence-corrected chi connectivity index (χ2v) is 10.3. The first-order chi connectivity index (χ1) is 13.8. The average molecular weight is 452 g/mol. The summed E-state index contributed by atoms with van der Waals surface area (Å²) in [6.07, 6.45) is 7.61. The van der Waals surface area contributed by atoms with Gasteiger partial charge in [-0.2, -0.15) is 0 Å². The van der Waals surface area contributed by atoms with Crippen molar-refractivity contribution < 1.29 is 0 Å². The average Bonchev–Trinajstić information content (AvgIpc) is 3.08. The Kier molecular flexibility index (Phi) is 4.54. The van der Waals surface area contributed by atoms with Crippen LogP contribution >= 0.6 is 15.9 Å². The molecule has 4 heterocycles. The summed E-state index contributed by atoms with van der Waals surface area (Å²) in [6.45, 7) is 11.2. The summed E-state index contributed by atoms with van der Waals surface area (Å²) in [7, 11) is 0. The molecule has 5 rings (SSSR count). The highest BCUT2D eigenvalue weighted by molar-refractivity contribution is 9.10. The number of anilines is 1. The first-order valence-electron chi connectivity index (χ1n) is 10.9. The molecule has 2 aliphatic heterocycles.